The largest absolute Gasteiger partial charge is 0.481 e. The van der Waals surface area contributed by atoms with Crippen LogP contribution in [0.2, 0.25) is 0 Å². The molecule has 0 spiro atoms. The molecule has 0 saturated carbocycles. The maximum Gasteiger partial charge on any atom is 0.317 e. The van der Waals surface area contributed by atoms with Gasteiger partial charge in [-0.05, 0) is 37.8 Å². The highest BCUT2D eigenvalue weighted by Gasteiger charge is 2.26. The van der Waals surface area contributed by atoms with Gasteiger partial charge in [0.15, 0.2) is 0 Å². The average Bonchev–Trinajstić information content (AvgIpc) is 2.36. The molecule has 122 valence electrons. The van der Waals surface area contributed by atoms with Crippen molar-refractivity contribution in [2.45, 2.75) is 58.5 Å². The molecule has 0 aromatic heterocycles. The zero-order valence-corrected chi connectivity index (χ0v) is 13.6. The van der Waals surface area contributed by atoms with Gasteiger partial charge >= 0.3 is 12.0 Å². The number of hydrogen-bond acceptors (Lipinski definition) is 3. The SMILES string of the molecule is CN(C(=O)NC(CC(=O)O)CC(C)(C)C)C1CCNCC1. The van der Waals surface area contributed by atoms with E-state index in [1.165, 1.54) is 0 Å². The van der Waals surface area contributed by atoms with Gasteiger partial charge in [-0.3, -0.25) is 4.79 Å². The molecule has 0 bridgehead atoms. The lowest BCUT2D eigenvalue weighted by Crippen LogP contribution is -2.51. The molecule has 1 aliphatic rings. The van der Waals surface area contributed by atoms with Crippen molar-refractivity contribution in [1.82, 2.24) is 15.5 Å². The Bertz CT molecular complexity index is 360. The number of hydrogen-bond donors (Lipinski definition) is 3. The van der Waals surface area contributed by atoms with Gasteiger partial charge in [-0.25, -0.2) is 4.79 Å². The van der Waals surface area contributed by atoms with Gasteiger partial charge in [0, 0.05) is 19.1 Å². The zero-order chi connectivity index (χ0) is 16.0. The zero-order valence-electron chi connectivity index (χ0n) is 13.6. The molecule has 0 radical (unpaired) electrons. The van der Waals surface area contributed by atoms with Crippen LogP contribution in [-0.4, -0.2) is 54.2 Å². The van der Waals surface area contributed by atoms with Crippen molar-refractivity contribution in [3.63, 3.8) is 0 Å². The third kappa shape index (κ3) is 6.80. The standard InChI is InChI=1S/C15H29N3O3/c1-15(2,3)10-11(9-13(19)20)17-14(21)18(4)12-5-7-16-8-6-12/h11-12,16H,5-10H2,1-4H3,(H,17,21)(H,19,20). The lowest BCUT2D eigenvalue weighted by Gasteiger charge is -2.34. The molecule has 1 heterocycles. The highest BCUT2D eigenvalue weighted by Crippen LogP contribution is 2.22. The third-order valence-electron chi connectivity index (χ3n) is 3.78. The molecule has 1 unspecified atom stereocenters. The number of carbonyl (C=O) groups excluding carboxylic acids is 1. The molecule has 0 aromatic rings. The molecule has 6 nitrogen and oxygen atoms in total. The topological polar surface area (TPSA) is 81.7 Å². The van der Waals surface area contributed by atoms with Crippen LogP contribution in [0.5, 0.6) is 0 Å². The Balaban J connectivity index is 2.59. The van der Waals surface area contributed by atoms with Gasteiger partial charge in [-0.2, -0.15) is 0 Å². The van der Waals surface area contributed by atoms with Gasteiger partial charge in [-0.15, -0.1) is 0 Å². The molecule has 0 aliphatic carbocycles. The summed E-state index contributed by atoms with van der Waals surface area (Å²) in [7, 11) is 1.79. The summed E-state index contributed by atoms with van der Waals surface area (Å²) in [4.78, 5) is 25.0. The number of carbonyl (C=O) groups is 2. The molecule has 1 saturated heterocycles. The molecule has 1 aliphatic heterocycles. The summed E-state index contributed by atoms with van der Waals surface area (Å²) in [5, 5.41) is 15.2. The first-order valence-electron chi connectivity index (χ1n) is 7.65. The molecule has 1 fully saturated rings. The Morgan fingerprint density at radius 2 is 1.90 bits per heavy atom. The van der Waals surface area contributed by atoms with Crippen molar-refractivity contribution >= 4 is 12.0 Å². The van der Waals surface area contributed by atoms with Gasteiger partial charge in [-0.1, -0.05) is 20.8 Å². The van der Waals surface area contributed by atoms with Gasteiger partial charge in [0.2, 0.25) is 0 Å². The minimum atomic E-state index is -0.880. The smallest absolute Gasteiger partial charge is 0.317 e. The number of piperidine rings is 1. The molecule has 3 N–H and O–H groups in total. The van der Waals surface area contributed by atoms with E-state index < -0.39 is 5.97 Å². The normalized spacial score (nSPS) is 18.1. The number of rotatable bonds is 5. The van der Waals surface area contributed by atoms with E-state index in [0.29, 0.717) is 6.42 Å². The van der Waals surface area contributed by atoms with E-state index in [9.17, 15) is 9.59 Å². The predicted octanol–water partition coefficient (Wildman–Crippen LogP) is 1.66. The predicted molar refractivity (Wildman–Crippen MR) is 82.3 cm³/mol. The van der Waals surface area contributed by atoms with Crippen LogP contribution in [0.1, 0.15) is 46.5 Å². The van der Waals surface area contributed by atoms with Gasteiger partial charge in [0.25, 0.3) is 0 Å². The monoisotopic (exact) mass is 299 g/mol. The number of nitrogens with zero attached hydrogens (tertiary/aromatic N) is 1. The van der Waals surface area contributed by atoms with Crippen molar-refractivity contribution < 1.29 is 14.7 Å². The lowest BCUT2D eigenvalue weighted by atomic mass is 9.87. The fraction of sp³-hybridized carbons (Fsp3) is 0.867. The highest BCUT2D eigenvalue weighted by molar-refractivity contribution is 5.76. The summed E-state index contributed by atoms with van der Waals surface area (Å²) in [6.45, 7) is 7.98. The Hall–Kier alpha value is -1.30. The van der Waals surface area contributed by atoms with Crippen LogP contribution in [0.15, 0.2) is 0 Å². The minimum absolute atomic E-state index is 0.0271. The van der Waals surface area contributed by atoms with Crippen molar-refractivity contribution in [1.29, 1.82) is 0 Å². The second kappa shape index (κ2) is 7.64. The molecule has 1 atom stereocenters. The van der Waals surface area contributed by atoms with E-state index in [2.05, 4.69) is 10.6 Å². The van der Waals surface area contributed by atoms with Crippen LogP contribution in [-0.2, 0) is 4.79 Å². The van der Waals surface area contributed by atoms with E-state index in [-0.39, 0.29) is 30.0 Å². The number of nitrogens with one attached hydrogen (secondary N) is 2. The van der Waals surface area contributed by atoms with E-state index in [1.807, 2.05) is 20.8 Å². The van der Waals surface area contributed by atoms with Crippen LogP contribution in [0.25, 0.3) is 0 Å². The molecule has 6 heteroatoms. The number of carboxylic acids is 1. The quantitative estimate of drug-likeness (QED) is 0.721. The number of aliphatic carboxylic acids is 1. The summed E-state index contributed by atoms with van der Waals surface area (Å²) < 4.78 is 0. The number of carboxylic acid groups (broad SMARTS) is 1. The Morgan fingerprint density at radius 1 is 1.33 bits per heavy atom. The van der Waals surface area contributed by atoms with Gasteiger partial charge in [0.05, 0.1) is 6.42 Å². The first kappa shape index (κ1) is 17.8. The van der Waals surface area contributed by atoms with Crippen molar-refractivity contribution in [3.05, 3.63) is 0 Å². The van der Waals surface area contributed by atoms with E-state index in [0.717, 1.165) is 25.9 Å². The molecule has 1 rings (SSSR count). The van der Waals surface area contributed by atoms with Crippen molar-refractivity contribution in [3.8, 4) is 0 Å². The molecule has 21 heavy (non-hydrogen) atoms. The maximum atomic E-state index is 12.3. The maximum absolute atomic E-state index is 12.3. The Labute approximate surface area is 127 Å². The van der Waals surface area contributed by atoms with Crippen molar-refractivity contribution in [2.24, 2.45) is 5.41 Å². The number of urea groups is 1. The second-order valence-corrected chi connectivity index (χ2v) is 7.10. The first-order valence-corrected chi connectivity index (χ1v) is 7.65. The van der Waals surface area contributed by atoms with Crippen LogP contribution in [0.3, 0.4) is 0 Å². The van der Waals surface area contributed by atoms with Crippen LogP contribution >= 0.6 is 0 Å². The third-order valence-corrected chi connectivity index (χ3v) is 3.78. The van der Waals surface area contributed by atoms with Gasteiger partial charge in [0.1, 0.15) is 0 Å². The lowest BCUT2D eigenvalue weighted by molar-refractivity contribution is -0.137. The summed E-state index contributed by atoms with van der Waals surface area (Å²) in [5.74, 6) is -0.880. The second-order valence-electron chi connectivity index (χ2n) is 7.10. The van der Waals surface area contributed by atoms with Gasteiger partial charge < -0.3 is 20.6 Å². The van der Waals surface area contributed by atoms with Crippen LogP contribution in [0, 0.1) is 5.41 Å². The fourth-order valence-electron chi connectivity index (χ4n) is 2.76. The van der Waals surface area contributed by atoms with E-state index in [1.54, 1.807) is 11.9 Å². The first-order chi connectivity index (χ1) is 9.69. The molecular formula is C15H29N3O3. The molecular weight excluding hydrogens is 270 g/mol. The molecule has 0 aromatic carbocycles. The van der Waals surface area contributed by atoms with E-state index in [4.69, 9.17) is 5.11 Å². The number of amides is 2. The summed E-state index contributed by atoms with van der Waals surface area (Å²) >= 11 is 0. The average molecular weight is 299 g/mol. The minimum Gasteiger partial charge on any atom is -0.481 e. The van der Waals surface area contributed by atoms with Crippen LogP contribution < -0.4 is 10.6 Å². The van der Waals surface area contributed by atoms with Crippen molar-refractivity contribution in [2.75, 3.05) is 20.1 Å². The molecule has 2 amide bonds. The Morgan fingerprint density at radius 3 is 2.38 bits per heavy atom. The summed E-state index contributed by atoms with van der Waals surface area (Å²) in [6, 6.07) is -0.275. The van der Waals surface area contributed by atoms with E-state index >= 15 is 0 Å². The fourth-order valence-corrected chi connectivity index (χ4v) is 2.76. The van der Waals surface area contributed by atoms with Crippen LogP contribution in [0.4, 0.5) is 4.79 Å². The Kier molecular flexibility index (Phi) is 6.45. The summed E-state index contributed by atoms with van der Waals surface area (Å²) in [5.41, 5.74) is -0.0271. The highest BCUT2D eigenvalue weighted by atomic mass is 16.4. The summed E-state index contributed by atoms with van der Waals surface area (Å²) in [6.07, 6.45) is 2.48.